The zero-order valence-electron chi connectivity index (χ0n) is 18.1. The number of methoxy groups -OCH3 is 2. The molecule has 0 N–H and O–H groups in total. The number of hydrogen-bond donors (Lipinski definition) is 0. The minimum absolute atomic E-state index is 0.108. The maximum atomic E-state index is 13.6. The number of aliphatic imine (C=N–C) groups is 1. The second-order valence-corrected chi connectivity index (χ2v) is 7.91. The van der Waals surface area contributed by atoms with Crippen molar-refractivity contribution in [3.05, 3.63) is 85.6 Å². The van der Waals surface area contributed by atoms with Gasteiger partial charge in [0.1, 0.15) is 17.3 Å². The van der Waals surface area contributed by atoms with Gasteiger partial charge in [-0.1, -0.05) is 30.3 Å². The first-order chi connectivity index (χ1) is 15.4. The van der Waals surface area contributed by atoms with Gasteiger partial charge >= 0.3 is 5.69 Å². The van der Waals surface area contributed by atoms with E-state index in [0.29, 0.717) is 33.9 Å². The topological polar surface area (TPSA) is 91.9 Å². The molecule has 0 saturated heterocycles. The van der Waals surface area contributed by atoms with Crippen molar-refractivity contribution >= 4 is 17.3 Å². The molecule has 0 amide bonds. The second-order valence-electron chi connectivity index (χ2n) is 7.91. The summed E-state index contributed by atoms with van der Waals surface area (Å²) in [5, 5.41) is 0. The third-order valence-electron chi connectivity index (χ3n) is 6.36. The van der Waals surface area contributed by atoms with E-state index in [1.165, 1.54) is 18.7 Å². The second kappa shape index (κ2) is 7.05. The minimum atomic E-state index is -0.701. The maximum Gasteiger partial charge on any atom is 0.332 e. The average Bonchev–Trinajstić information content (AvgIpc) is 3.11. The van der Waals surface area contributed by atoms with Crippen LogP contribution < -0.4 is 20.7 Å². The highest BCUT2D eigenvalue weighted by Gasteiger charge is 2.48. The lowest BCUT2D eigenvalue weighted by Crippen LogP contribution is -2.43. The number of benzene rings is 2. The Morgan fingerprint density at radius 1 is 0.875 bits per heavy atom. The molecule has 0 saturated carbocycles. The molecule has 0 fully saturated rings. The van der Waals surface area contributed by atoms with Crippen molar-refractivity contribution in [2.75, 3.05) is 14.2 Å². The summed E-state index contributed by atoms with van der Waals surface area (Å²) in [4.78, 5) is 44.3. The first-order valence-corrected chi connectivity index (χ1v) is 10.1. The smallest absolute Gasteiger partial charge is 0.332 e. The summed E-state index contributed by atoms with van der Waals surface area (Å²) < 4.78 is 13.4. The number of fused-ring (bicyclic) bond motifs is 4. The predicted octanol–water partition coefficient (Wildman–Crippen LogP) is 2.18. The molecule has 32 heavy (non-hydrogen) atoms. The Kier molecular flexibility index (Phi) is 4.40. The number of aromatic nitrogens is 2. The molecule has 0 spiro atoms. The van der Waals surface area contributed by atoms with Crippen molar-refractivity contribution in [1.82, 2.24) is 9.13 Å². The van der Waals surface area contributed by atoms with Crippen LogP contribution in [0.3, 0.4) is 0 Å². The van der Waals surface area contributed by atoms with Gasteiger partial charge in [0.25, 0.3) is 5.56 Å². The fourth-order valence-electron chi connectivity index (χ4n) is 4.78. The molecule has 162 valence electrons. The molecule has 2 heterocycles. The van der Waals surface area contributed by atoms with E-state index in [2.05, 4.69) is 0 Å². The molecule has 2 atom stereocenters. The van der Waals surface area contributed by atoms with E-state index in [1.54, 1.807) is 44.5 Å². The van der Waals surface area contributed by atoms with Gasteiger partial charge in [-0.25, -0.2) is 9.79 Å². The van der Waals surface area contributed by atoms with Crippen LogP contribution in [0.25, 0.3) is 0 Å². The summed E-state index contributed by atoms with van der Waals surface area (Å²) in [5.41, 5.74) is 1.84. The molecule has 5 rings (SSSR count). The molecule has 1 aliphatic carbocycles. The standard InChI is InChI=1S/C24H21N3O5/c1-26-22-19(23(29)27(2)24(26)30)17(15-10-9-12(31-3)11-16(15)32-4)18-20(25-22)13-7-5-6-8-14(13)21(18)28/h5-11,17-18H,1-4H3/t17-,18+/m0/s1. The number of hydrogen-bond acceptors (Lipinski definition) is 6. The van der Waals surface area contributed by atoms with Crippen LogP contribution in [-0.2, 0) is 14.1 Å². The molecule has 0 radical (unpaired) electrons. The van der Waals surface area contributed by atoms with Gasteiger partial charge in [0.05, 0.1) is 31.4 Å². The third kappa shape index (κ3) is 2.55. The summed E-state index contributed by atoms with van der Waals surface area (Å²) in [6, 6.07) is 12.6. The molecule has 8 nitrogen and oxygen atoms in total. The molecule has 3 aromatic rings. The number of carbonyl (C=O) groups is 1. The van der Waals surface area contributed by atoms with Crippen LogP contribution in [-0.4, -0.2) is 34.8 Å². The Bertz CT molecular complexity index is 1450. The summed E-state index contributed by atoms with van der Waals surface area (Å²) in [6.07, 6.45) is 0. The lowest BCUT2D eigenvalue weighted by Gasteiger charge is -2.30. The first kappa shape index (κ1) is 20.0. The molecule has 1 aromatic heterocycles. The molecule has 2 aliphatic rings. The lowest BCUT2D eigenvalue weighted by molar-refractivity contribution is 0.0952. The zero-order valence-corrected chi connectivity index (χ0v) is 18.1. The summed E-state index contributed by atoms with van der Waals surface area (Å²) in [5.74, 6) is -0.150. The Morgan fingerprint density at radius 3 is 2.28 bits per heavy atom. The van der Waals surface area contributed by atoms with E-state index in [0.717, 1.165) is 10.1 Å². The third-order valence-corrected chi connectivity index (χ3v) is 6.36. The van der Waals surface area contributed by atoms with Crippen molar-refractivity contribution in [3.63, 3.8) is 0 Å². The van der Waals surface area contributed by atoms with E-state index < -0.39 is 23.1 Å². The highest BCUT2D eigenvalue weighted by Crippen LogP contribution is 2.48. The summed E-state index contributed by atoms with van der Waals surface area (Å²) >= 11 is 0. The van der Waals surface area contributed by atoms with Crippen molar-refractivity contribution < 1.29 is 14.3 Å². The Balaban J connectivity index is 1.90. The molecular weight excluding hydrogens is 410 g/mol. The van der Waals surface area contributed by atoms with Crippen molar-refractivity contribution in [2.24, 2.45) is 25.0 Å². The van der Waals surface area contributed by atoms with Gasteiger partial charge in [-0.15, -0.1) is 0 Å². The molecular formula is C24H21N3O5. The summed E-state index contributed by atoms with van der Waals surface area (Å²) in [7, 11) is 6.09. The molecule has 1 aliphatic heterocycles. The zero-order chi connectivity index (χ0) is 22.7. The van der Waals surface area contributed by atoms with Crippen LogP contribution in [0.2, 0.25) is 0 Å². The number of rotatable bonds is 3. The quantitative estimate of drug-likeness (QED) is 0.634. The van der Waals surface area contributed by atoms with Crippen LogP contribution in [0.1, 0.15) is 33.0 Å². The summed E-state index contributed by atoms with van der Waals surface area (Å²) in [6.45, 7) is 0. The van der Waals surface area contributed by atoms with Crippen LogP contribution >= 0.6 is 0 Å². The van der Waals surface area contributed by atoms with Crippen LogP contribution in [0.4, 0.5) is 5.82 Å². The largest absolute Gasteiger partial charge is 0.497 e. The molecule has 2 aromatic carbocycles. The van der Waals surface area contributed by atoms with Crippen LogP contribution in [0.15, 0.2) is 57.0 Å². The van der Waals surface area contributed by atoms with Crippen LogP contribution in [0.5, 0.6) is 11.5 Å². The van der Waals surface area contributed by atoms with E-state index in [9.17, 15) is 14.4 Å². The van der Waals surface area contributed by atoms with E-state index >= 15 is 0 Å². The van der Waals surface area contributed by atoms with Crippen molar-refractivity contribution in [2.45, 2.75) is 5.92 Å². The number of ketones is 1. The number of carbonyl (C=O) groups excluding carboxylic acids is 1. The van der Waals surface area contributed by atoms with Crippen LogP contribution in [0, 0.1) is 5.92 Å². The number of ether oxygens (including phenoxy) is 2. The molecule has 0 unspecified atom stereocenters. The predicted molar refractivity (Wildman–Crippen MR) is 119 cm³/mol. The first-order valence-electron chi connectivity index (χ1n) is 10.1. The lowest BCUT2D eigenvalue weighted by atomic mass is 9.76. The fraction of sp³-hybridized carbons (Fsp3) is 0.250. The Hall–Kier alpha value is -3.94. The molecule has 0 bridgehead atoms. The number of nitrogens with zero attached hydrogens (tertiary/aromatic N) is 3. The fourth-order valence-corrected chi connectivity index (χ4v) is 4.78. The van der Waals surface area contributed by atoms with Gasteiger partial charge in [-0.3, -0.25) is 18.7 Å². The maximum absolute atomic E-state index is 13.6. The van der Waals surface area contributed by atoms with Crippen molar-refractivity contribution in [1.29, 1.82) is 0 Å². The van der Waals surface area contributed by atoms with E-state index in [4.69, 9.17) is 14.5 Å². The monoisotopic (exact) mass is 431 g/mol. The van der Waals surface area contributed by atoms with Gasteiger partial charge in [-0.2, -0.15) is 0 Å². The van der Waals surface area contributed by atoms with Gasteiger partial charge in [-0.05, 0) is 6.07 Å². The molecule has 8 heteroatoms. The van der Waals surface area contributed by atoms with Gasteiger partial charge < -0.3 is 9.47 Å². The number of Topliss-reactive ketones (excluding diaryl/α,β-unsaturated/α-hetero) is 1. The van der Waals surface area contributed by atoms with Gasteiger partial charge in [0.2, 0.25) is 0 Å². The normalized spacial score (nSPS) is 18.5. The Labute approximate surface area is 183 Å². The minimum Gasteiger partial charge on any atom is -0.497 e. The van der Waals surface area contributed by atoms with E-state index in [-0.39, 0.29) is 11.6 Å². The van der Waals surface area contributed by atoms with Crippen molar-refractivity contribution in [3.8, 4) is 11.5 Å². The SMILES string of the molecule is COc1ccc([C@@H]2c3c(n(C)c(=O)n(C)c3=O)N=C3c4ccccc4C(=O)[C@@H]32)c(OC)c1. The highest BCUT2D eigenvalue weighted by atomic mass is 16.5. The Morgan fingerprint density at radius 2 is 1.59 bits per heavy atom. The van der Waals surface area contributed by atoms with Gasteiger partial charge in [0, 0.05) is 42.8 Å². The highest BCUT2D eigenvalue weighted by molar-refractivity contribution is 6.30. The van der Waals surface area contributed by atoms with E-state index in [1.807, 2.05) is 12.1 Å². The average molecular weight is 431 g/mol. The van der Waals surface area contributed by atoms with Gasteiger partial charge in [0.15, 0.2) is 5.78 Å².